The molecule has 1 amide bonds. The molecule has 3 aromatic carbocycles. The maximum absolute atomic E-state index is 12.3. The van der Waals surface area contributed by atoms with Gasteiger partial charge in [-0.2, -0.15) is 0 Å². The SMILES string of the molecule is O=C(Nc1c(O)cc(Br)cc1Cl)OCC1c2ccccc2-c2ccccc21. The summed E-state index contributed by atoms with van der Waals surface area (Å²) in [6.07, 6.45) is -0.670. The van der Waals surface area contributed by atoms with Gasteiger partial charge in [0.15, 0.2) is 0 Å². The van der Waals surface area contributed by atoms with Crippen LogP contribution in [0.1, 0.15) is 17.0 Å². The lowest BCUT2D eigenvalue weighted by Gasteiger charge is -2.15. The fourth-order valence-electron chi connectivity index (χ4n) is 3.42. The molecule has 27 heavy (non-hydrogen) atoms. The van der Waals surface area contributed by atoms with Crippen molar-refractivity contribution < 1.29 is 14.6 Å². The number of nitrogens with one attached hydrogen (secondary N) is 1. The molecule has 0 fully saturated rings. The maximum atomic E-state index is 12.3. The molecule has 4 rings (SSSR count). The topological polar surface area (TPSA) is 58.6 Å². The molecule has 0 bridgehead atoms. The van der Waals surface area contributed by atoms with Crippen LogP contribution in [0.2, 0.25) is 5.02 Å². The summed E-state index contributed by atoms with van der Waals surface area (Å²) in [5.74, 6) is -0.167. The number of benzene rings is 3. The Labute approximate surface area is 169 Å². The number of phenolic OH excluding ortho intramolecular Hbond substituents is 1. The number of hydrogen-bond donors (Lipinski definition) is 2. The van der Waals surface area contributed by atoms with E-state index < -0.39 is 6.09 Å². The predicted octanol–water partition coefficient (Wildman–Crippen LogP) is 6.17. The third-order valence-electron chi connectivity index (χ3n) is 4.60. The first kappa shape index (κ1) is 17.9. The molecule has 2 N–H and O–H groups in total. The van der Waals surface area contributed by atoms with Crippen LogP contribution in [-0.2, 0) is 4.74 Å². The van der Waals surface area contributed by atoms with E-state index in [9.17, 15) is 9.90 Å². The molecular weight excluding hydrogens is 430 g/mol. The van der Waals surface area contributed by atoms with Crippen LogP contribution in [0, 0.1) is 0 Å². The van der Waals surface area contributed by atoms with Crippen LogP contribution in [0.5, 0.6) is 5.75 Å². The third-order valence-corrected chi connectivity index (χ3v) is 5.36. The van der Waals surface area contributed by atoms with E-state index >= 15 is 0 Å². The Balaban J connectivity index is 1.52. The zero-order valence-corrected chi connectivity index (χ0v) is 16.4. The van der Waals surface area contributed by atoms with Gasteiger partial charge in [0.25, 0.3) is 0 Å². The van der Waals surface area contributed by atoms with Crippen LogP contribution in [0.25, 0.3) is 11.1 Å². The van der Waals surface area contributed by atoms with Gasteiger partial charge in [0.2, 0.25) is 0 Å². The number of anilines is 1. The van der Waals surface area contributed by atoms with Crippen molar-refractivity contribution in [2.45, 2.75) is 5.92 Å². The minimum atomic E-state index is -0.670. The molecule has 3 aromatic rings. The zero-order valence-electron chi connectivity index (χ0n) is 14.1. The largest absolute Gasteiger partial charge is 0.506 e. The minimum absolute atomic E-state index is 0.0304. The second-order valence-electron chi connectivity index (χ2n) is 6.23. The smallest absolute Gasteiger partial charge is 0.411 e. The average Bonchev–Trinajstić information content (AvgIpc) is 2.97. The molecule has 1 aliphatic rings. The van der Waals surface area contributed by atoms with E-state index in [1.54, 1.807) is 6.07 Å². The fourth-order valence-corrected chi connectivity index (χ4v) is 4.26. The summed E-state index contributed by atoms with van der Waals surface area (Å²) in [6, 6.07) is 19.3. The van der Waals surface area contributed by atoms with E-state index in [1.165, 1.54) is 6.07 Å². The van der Waals surface area contributed by atoms with Gasteiger partial charge in [-0.15, -0.1) is 0 Å². The lowest BCUT2D eigenvalue weighted by Crippen LogP contribution is -2.18. The molecule has 6 heteroatoms. The standard InChI is InChI=1S/C21H15BrClNO3/c22-12-9-18(23)20(19(25)10-12)24-21(26)27-11-17-15-7-3-1-5-13(15)14-6-2-4-8-16(14)17/h1-10,17,25H,11H2,(H,24,26). The van der Waals surface area contributed by atoms with Crippen LogP contribution < -0.4 is 5.32 Å². The summed E-state index contributed by atoms with van der Waals surface area (Å²) in [5, 5.41) is 12.7. The summed E-state index contributed by atoms with van der Waals surface area (Å²) < 4.78 is 6.07. The van der Waals surface area contributed by atoms with E-state index in [0.29, 0.717) is 4.47 Å². The van der Waals surface area contributed by atoms with Crippen molar-refractivity contribution in [2.24, 2.45) is 0 Å². The summed E-state index contributed by atoms with van der Waals surface area (Å²) in [5.41, 5.74) is 4.72. The normalized spacial score (nSPS) is 12.4. The van der Waals surface area contributed by atoms with E-state index in [0.717, 1.165) is 22.3 Å². The van der Waals surface area contributed by atoms with Crippen LogP contribution >= 0.6 is 27.5 Å². The quantitative estimate of drug-likeness (QED) is 0.475. The first-order chi connectivity index (χ1) is 13.0. The van der Waals surface area contributed by atoms with Crippen LogP contribution in [0.3, 0.4) is 0 Å². The number of halogens is 2. The first-order valence-electron chi connectivity index (χ1n) is 8.34. The van der Waals surface area contributed by atoms with E-state index in [1.807, 2.05) is 24.3 Å². The second-order valence-corrected chi connectivity index (χ2v) is 7.56. The summed E-state index contributed by atoms with van der Waals surface area (Å²) in [4.78, 5) is 12.3. The van der Waals surface area contributed by atoms with Crippen LogP contribution in [0.4, 0.5) is 10.5 Å². The van der Waals surface area contributed by atoms with Gasteiger partial charge in [0.1, 0.15) is 18.0 Å². The molecular formula is C21H15BrClNO3. The number of fused-ring (bicyclic) bond motifs is 3. The number of aromatic hydroxyl groups is 1. The lowest BCUT2D eigenvalue weighted by atomic mass is 9.98. The minimum Gasteiger partial charge on any atom is -0.506 e. The van der Waals surface area contributed by atoms with Crippen molar-refractivity contribution in [2.75, 3.05) is 11.9 Å². The van der Waals surface area contributed by atoms with Crippen LogP contribution in [0.15, 0.2) is 65.1 Å². The molecule has 0 spiro atoms. The van der Waals surface area contributed by atoms with Crippen molar-refractivity contribution in [3.05, 3.63) is 81.3 Å². The van der Waals surface area contributed by atoms with Gasteiger partial charge >= 0.3 is 6.09 Å². The van der Waals surface area contributed by atoms with E-state index in [4.69, 9.17) is 16.3 Å². The molecule has 0 atom stereocenters. The highest BCUT2D eigenvalue weighted by Gasteiger charge is 2.29. The molecule has 0 radical (unpaired) electrons. The molecule has 0 aromatic heterocycles. The number of carbonyl (C=O) groups is 1. The van der Waals surface area contributed by atoms with Gasteiger partial charge in [-0.05, 0) is 34.4 Å². The predicted molar refractivity (Wildman–Crippen MR) is 110 cm³/mol. The second kappa shape index (κ2) is 7.25. The number of rotatable bonds is 3. The van der Waals surface area contributed by atoms with Crippen molar-refractivity contribution in [1.29, 1.82) is 0 Å². The molecule has 0 saturated heterocycles. The van der Waals surface area contributed by atoms with Crippen LogP contribution in [-0.4, -0.2) is 17.8 Å². The van der Waals surface area contributed by atoms with E-state index in [-0.39, 0.29) is 29.0 Å². The maximum Gasteiger partial charge on any atom is 0.411 e. The highest BCUT2D eigenvalue weighted by molar-refractivity contribution is 9.10. The fraction of sp³-hybridized carbons (Fsp3) is 0.0952. The number of ether oxygens (including phenoxy) is 1. The number of phenols is 1. The van der Waals surface area contributed by atoms with Crippen molar-refractivity contribution >= 4 is 39.3 Å². The monoisotopic (exact) mass is 443 g/mol. The van der Waals surface area contributed by atoms with Crippen molar-refractivity contribution in [1.82, 2.24) is 0 Å². The highest BCUT2D eigenvalue weighted by Crippen LogP contribution is 2.44. The number of amides is 1. The van der Waals surface area contributed by atoms with Gasteiger partial charge in [-0.3, -0.25) is 5.32 Å². The summed E-state index contributed by atoms with van der Waals surface area (Å²) >= 11 is 9.31. The Bertz CT molecular complexity index is 969. The Hall–Kier alpha value is -2.50. The Morgan fingerprint density at radius 2 is 1.67 bits per heavy atom. The molecule has 0 saturated carbocycles. The molecule has 1 aliphatic carbocycles. The average molecular weight is 445 g/mol. The lowest BCUT2D eigenvalue weighted by molar-refractivity contribution is 0.158. The first-order valence-corrected chi connectivity index (χ1v) is 9.51. The molecule has 4 nitrogen and oxygen atoms in total. The molecule has 136 valence electrons. The summed E-state index contributed by atoms with van der Waals surface area (Å²) in [7, 11) is 0. The van der Waals surface area contributed by atoms with Gasteiger partial charge in [-0.1, -0.05) is 76.1 Å². The third kappa shape index (κ3) is 3.40. The Morgan fingerprint density at radius 3 is 2.26 bits per heavy atom. The van der Waals surface area contributed by atoms with Gasteiger partial charge in [0.05, 0.1) is 5.02 Å². The van der Waals surface area contributed by atoms with Crippen molar-refractivity contribution in [3.8, 4) is 16.9 Å². The Kier molecular flexibility index (Phi) is 4.81. The van der Waals surface area contributed by atoms with Gasteiger partial charge in [0, 0.05) is 10.4 Å². The zero-order chi connectivity index (χ0) is 19.0. The molecule has 0 heterocycles. The highest BCUT2D eigenvalue weighted by atomic mass is 79.9. The number of hydrogen-bond acceptors (Lipinski definition) is 3. The van der Waals surface area contributed by atoms with Gasteiger partial charge in [-0.25, -0.2) is 4.79 Å². The van der Waals surface area contributed by atoms with Gasteiger partial charge < -0.3 is 9.84 Å². The summed E-state index contributed by atoms with van der Waals surface area (Å²) in [6.45, 7) is 0.189. The number of carbonyl (C=O) groups excluding carboxylic acids is 1. The van der Waals surface area contributed by atoms with Crippen molar-refractivity contribution in [3.63, 3.8) is 0 Å². The molecule has 0 aliphatic heterocycles. The molecule has 0 unspecified atom stereocenters. The van der Waals surface area contributed by atoms with E-state index in [2.05, 4.69) is 45.5 Å². The Morgan fingerprint density at radius 1 is 1.07 bits per heavy atom.